The Hall–Kier alpha value is -1.91. The molecule has 1 aliphatic rings. The summed E-state index contributed by atoms with van der Waals surface area (Å²) < 4.78 is 12.6. The first kappa shape index (κ1) is 11.6. The summed E-state index contributed by atoms with van der Waals surface area (Å²) in [6, 6.07) is 5.30. The number of amides is 3. The minimum atomic E-state index is -0.508. The van der Waals surface area contributed by atoms with Gasteiger partial charge < -0.3 is 5.32 Å². The maximum Gasteiger partial charge on any atom is 0.321 e. The van der Waals surface area contributed by atoms with Gasteiger partial charge in [-0.25, -0.2) is 9.18 Å². The van der Waals surface area contributed by atoms with Gasteiger partial charge in [-0.3, -0.25) is 10.1 Å². The van der Waals surface area contributed by atoms with E-state index in [0.717, 1.165) is 18.4 Å². The molecule has 0 saturated heterocycles. The van der Waals surface area contributed by atoms with Crippen LogP contribution in [0.2, 0.25) is 0 Å². The fourth-order valence-corrected chi connectivity index (χ4v) is 1.39. The van der Waals surface area contributed by atoms with Crippen molar-refractivity contribution >= 4 is 11.9 Å². The molecule has 3 amide bonds. The van der Waals surface area contributed by atoms with E-state index in [2.05, 4.69) is 10.6 Å². The Kier molecular flexibility index (Phi) is 3.37. The molecule has 1 aliphatic carbocycles. The Balaban J connectivity index is 1.75. The van der Waals surface area contributed by atoms with Crippen molar-refractivity contribution < 1.29 is 14.0 Å². The largest absolute Gasteiger partial charge is 0.334 e. The third-order valence-electron chi connectivity index (χ3n) is 2.55. The average Bonchev–Trinajstić information content (AvgIpc) is 3.12. The summed E-state index contributed by atoms with van der Waals surface area (Å²) in [5, 5.41) is 4.80. The highest BCUT2D eigenvalue weighted by atomic mass is 19.1. The molecule has 4 nitrogen and oxygen atoms in total. The Morgan fingerprint density at radius 2 is 1.88 bits per heavy atom. The molecule has 1 aromatic rings. The van der Waals surface area contributed by atoms with Crippen LogP contribution in [0, 0.1) is 11.7 Å². The number of imide groups is 1. The van der Waals surface area contributed by atoms with Gasteiger partial charge in [0.2, 0.25) is 5.91 Å². The quantitative estimate of drug-likeness (QED) is 0.836. The number of halogens is 1. The highest BCUT2D eigenvalue weighted by Crippen LogP contribution is 2.28. The number of carbonyl (C=O) groups excluding carboxylic acids is 2. The van der Waals surface area contributed by atoms with Crippen molar-refractivity contribution in [1.82, 2.24) is 10.6 Å². The number of hydrogen-bond donors (Lipinski definition) is 2. The smallest absolute Gasteiger partial charge is 0.321 e. The third kappa shape index (κ3) is 3.55. The molecule has 5 heteroatoms. The van der Waals surface area contributed by atoms with Crippen LogP contribution in [0.1, 0.15) is 18.4 Å². The summed E-state index contributed by atoms with van der Waals surface area (Å²) in [5.41, 5.74) is 0.778. The molecule has 90 valence electrons. The number of nitrogens with one attached hydrogen (secondary N) is 2. The van der Waals surface area contributed by atoms with Crippen molar-refractivity contribution in [2.75, 3.05) is 0 Å². The van der Waals surface area contributed by atoms with E-state index in [1.54, 1.807) is 12.1 Å². The van der Waals surface area contributed by atoms with Crippen LogP contribution in [0.15, 0.2) is 24.3 Å². The molecule has 0 atom stereocenters. The maximum atomic E-state index is 12.6. The van der Waals surface area contributed by atoms with Crippen LogP contribution in [0.4, 0.5) is 9.18 Å². The average molecular weight is 236 g/mol. The zero-order chi connectivity index (χ0) is 12.3. The molecular formula is C12H13FN2O2. The third-order valence-corrected chi connectivity index (χ3v) is 2.55. The van der Waals surface area contributed by atoms with Gasteiger partial charge in [0.05, 0.1) is 0 Å². The standard InChI is InChI=1S/C12H13FN2O2/c13-10-5-1-8(2-6-10)7-14-12(17)15-11(16)9-3-4-9/h1-2,5-6,9H,3-4,7H2,(H2,14,15,16,17). The molecule has 0 spiro atoms. The topological polar surface area (TPSA) is 58.2 Å². The van der Waals surface area contributed by atoms with Crippen LogP contribution in [0.3, 0.4) is 0 Å². The minimum absolute atomic E-state index is 0.00608. The van der Waals surface area contributed by atoms with Gasteiger partial charge in [-0.15, -0.1) is 0 Å². The maximum absolute atomic E-state index is 12.6. The lowest BCUT2D eigenvalue weighted by Gasteiger charge is -2.06. The van der Waals surface area contributed by atoms with Gasteiger partial charge in [-0.05, 0) is 30.5 Å². The summed E-state index contributed by atoms with van der Waals surface area (Å²) in [6.45, 7) is 0.268. The number of carbonyl (C=O) groups is 2. The van der Waals surface area contributed by atoms with Crippen LogP contribution >= 0.6 is 0 Å². The summed E-state index contributed by atoms with van der Waals surface area (Å²) in [6.07, 6.45) is 1.72. The van der Waals surface area contributed by atoms with Gasteiger partial charge in [-0.2, -0.15) is 0 Å². The monoisotopic (exact) mass is 236 g/mol. The predicted octanol–water partition coefficient (Wildman–Crippen LogP) is 1.56. The van der Waals surface area contributed by atoms with Crippen molar-refractivity contribution in [2.45, 2.75) is 19.4 Å². The lowest BCUT2D eigenvalue weighted by atomic mass is 10.2. The van der Waals surface area contributed by atoms with Crippen LogP contribution in [0.25, 0.3) is 0 Å². The summed E-state index contributed by atoms with van der Waals surface area (Å²) in [4.78, 5) is 22.6. The van der Waals surface area contributed by atoms with Gasteiger partial charge in [0.15, 0.2) is 0 Å². The second kappa shape index (κ2) is 4.95. The van der Waals surface area contributed by atoms with E-state index in [9.17, 15) is 14.0 Å². The van der Waals surface area contributed by atoms with Crippen molar-refractivity contribution in [3.05, 3.63) is 35.6 Å². The molecule has 0 radical (unpaired) electrons. The fraction of sp³-hybridized carbons (Fsp3) is 0.333. The van der Waals surface area contributed by atoms with Crippen LogP contribution in [-0.4, -0.2) is 11.9 Å². The molecule has 0 aliphatic heterocycles. The molecule has 0 heterocycles. The zero-order valence-electron chi connectivity index (χ0n) is 9.20. The lowest BCUT2D eigenvalue weighted by Crippen LogP contribution is -2.39. The van der Waals surface area contributed by atoms with Crippen molar-refractivity contribution in [1.29, 1.82) is 0 Å². The molecule has 17 heavy (non-hydrogen) atoms. The van der Waals surface area contributed by atoms with Gasteiger partial charge in [-0.1, -0.05) is 12.1 Å². The van der Waals surface area contributed by atoms with Crippen LogP contribution in [-0.2, 0) is 11.3 Å². The Labute approximate surface area is 98.2 Å². The van der Waals surface area contributed by atoms with E-state index >= 15 is 0 Å². The number of benzene rings is 1. The molecule has 0 bridgehead atoms. The van der Waals surface area contributed by atoms with Crippen molar-refractivity contribution in [3.8, 4) is 0 Å². The summed E-state index contributed by atoms with van der Waals surface area (Å²) >= 11 is 0. The highest BCUT2D eigenvalue weighted by Gasteiger charge is 2.30. The first-order valence-electron chi connectivity index (χ1n) is 5.48. The van der Waals surface area contributed by atoms with E-state index in [1.165, 1.54) is 12.1 Å². The molecule has 2 N–H and O–H groups in total. The van der Waals surface area contributed by atoms with E-state index in [-0.39, 0.29) is 24.2 Å². The van der Waals surface area contributed by atoms with Gasteiger partial charge >= 0.3 is 6.03 Å². The minimum Gasteiger partial charge on any atom is -0.334 e. The van der Waals surface area contributed by atoms with Gasteiger partial charge in [0.25, 0.3) is 0 Å². The molecule has 0 aromatic heterocycles. The fourth-order valence-electron chi connectivity index (χ4n) is 1.39. The normalized spacial score (nSPS) is 14.2. The SMILES string of the molecule is O=C(NCc1ccc(F)cc1)NC(=O)C1CC1. The van der Waals surface area contributed by atoms with Gasteiger partial charge in [0, 0.05) is 12.5 Å². The van der Waals surface area contributed by atoms with E-state index in [0.29, 0.717) is 0 Å². The summed E-state index contributed by atoms with van der Waals surface area (Å²) in [7, 11) is 0. The molecule has 1 fully saturated rings. The Morgan fingerprint density at radius 1 is 1.24 bits per heavy atom. The second-order valence-electron chi connectivity index (χ2n) is 4.07. The second-order valence-corrected chi connectivity index (χ2v) is 4.07. The summed E-state index contributed by atoms with van der Waals surface area (Å²) in [5.74, 6) is -0.532. The van der Waals surface area contributed by atoms with E-state index in [4.69, 9.17) is 0 Å². The van der Waals surface area contributed by atoms with Crippen molar-refractivity contribution in [3.63, 3.8) is 0 Å². The number of urea groups is 1. The Bertz CT molecular complexity index is 427. The van der Waals surface area contributed by atoms with Crippen LogP contribution in [0.5, 0.6) is 0 Å². The lowest BCUT2D eigenvalue weighted by molar-refractivity contribution is -0.121. The predicted molar refractivity (Wildman–Crippen MR) is 59.5 cm³/mol. The molecule has 1 aromatic carbocycles. The highest BCUT2D eigenvalue weighted by molar-refractivity contribution is 5.96. The first-order valence-corrected chi connectivity index (χ1v) is 5.48. The zero-order valence-corrected chi connectivity index (χ0v) is 9.20. The molecule has 2 rings (SSSR count). The van der Waals surface area contributed by atoms with Crippen LogP contribution < -0.4 is 10.6 Å². The van der Waals surface area contributed by atoms with E-state index in [1.807, 2.05) is 0 Å². The van der Waals surface area contributed by atoms with Gasteiger partial charge in [0.1, 0.15) is 5.82 Å². The molecule has 0 unspecified atom stereocenters. The number of rotatable bonds is 3. The first-order chi connectivity index (χ1) is 8.15. The van der Waals surface area contributed by atoms with E-state index < -0.39 is 6.03 Å². The Morgan fingerprint density at radius 3 is 2.47 bits per heavy atom. The number of hydrogen-bond acceptors (Lipinski definition) is 2. The molecular weight excluding hydrogens is 223 g/mol. The molecule has 1 saturated carbocycles. The van der Waals surface area contributed by atoms with Crippen molar-refractivity contribution in [2.24, 2.45) is 5.92 Å².